The third-order valence-corrected chi connectivity index (χ3v) is 3.68. The van der Waals surface area contributed by atoms with E-state index in [1.54, 1.807) is 0 Å². The minimum atomic E-state index is -0.194. The number of hydrogen-bond donors (Lipinski definition) is 0. The molecule has 2 aromatic carbocycles. The zero-order chi connectivity index (χ0) is 15.8. The van der Waals surface area contributed by atoms with Crippen LogP contribution in [0, 0.1) is 0 Å². The Morgan fingerprint density at radius 2 is 1.59 bits per heavy atom. The number of esters is 1. The molecular weight excluding hydrogens is 274 g/mol. The molecule has 0 saturated heterocycles. The van der Waals surface area contributed by atoms with Gasteiger partial charge in [-0.25, -0.2) is 0 Å². The monoisotopic (exact) mass is 297 g/mol. The van der Waals surface area contributed by atoms with Crippen LogP contribution >= 0.6 is 0 Å². The molecule has 0 aliphatic heterocycles. The number of rotatable bonds is 7. The summed E-state index contributed by atoms with van der Waals surface area (Å²) in [5.41, 5.74) is 3.16. The summed E-state index contributed by atoms with van der Waals surface area (Å²) >= 11 is 0. The van der Waals surface area contributed by atoms with Gasteiger partial charge in [0.2, 0.25) is 0 Å². The van der Waals surface area contributed by atoms with E-state index >= 15 is 0 Å². The van der Waals surface area contributed by atoms with Gasteiger partial charge in [0.05, 0.1) is 6.42 Å². The average molecular weight is 297 g/mol. The zero-order valence-corrected chi connectivity index (χ0v) is 13.3. The van der Waals surface area contributed by atoms with Crippen molar-refractivity contribution in [2.24, 2.45) is 0 Å². The van der Waals surface area contributed by atoms with E-state index < -0.39 is 0 Å². The molecule has 0 bridgehead atoms. The topological polar surface area (TPSA) is 29.5 Å². The van der Waals surface area contributed by atoms with Crippen LogP contribution in [0.3, 0.4) is 0 Å². The van der Waals surface area contributed by atoms with E-state index in [0.29, 0.717) is 13.0 Å². The van der Waals surface area contributed by atoms with Gasteiger partial charge in [0.25, 0.3) is 0 Å². The summed E-state index contributed by atoms with van der Waals surface area (Å²) in [6.45, 7) is 6.44. The fraction of sp³-hybridized carbons (Fsp3) is 0.316. The largest absolute Gasteiger partial charge is 0.460 e. The predicted octanol–water partition coefficient (Wildman–Crippen LogP) is 3.82. The van der Waals surface area contributed by atoms with Gasteiger partial charge in [0.1, 0.15) is 6.61 Å². The van der Waals surface area contributed by atoms with E-state index in [-0.39, 0.29) is 5.97 Å². The Morgan fingerprint density at radius 1 is 0.955 bits per heavy atom. The van der Waals surface area contributed by atoms with E-state index in [4.69, 9.17) is 4.74 Å². The Hall–Kier alpha value is -2.29. The van der Waals surface area contributed by atoms with Gasteiger partial charge in [-0.15, -0.1) is 0 Å². The van der Waals surface area contributed by atoms with Crippen LogP contribution in [0.15, 0.2) is 54.6 Å². The zero-order valence-electron chi connectivity index (χ0n) is 13.3. The molecule has 2 rings (SSSR count). The van der Waals surface area contributed by atoms with Gasteiger partial charge in [-0.05, 0) is 25.5 Å². The van der Waals surface area contributed by atoms with Crippen LogP contribution < -0.4 is 4.90 Å². The fourth-order valence-corrected chi connectivity index (χ4v) is 2.48. The van der Waals surface area contributed by atoms with Crippen LogP contribution in [0.1, 0.15) is 25.0 Å². The van der Waals surface area contributed by atoms with E-state index in [2.05, 4.69) is 24.8 Å². The average Bonchev–Trinajstić information content (AvgIpc) is 2.56. The van der Waals surface area contributed by atoms with Crippen LogP contribution in [-0.2, 0) is 22.6 Å². The number of nitrogens with zero attached hydrogens (tertiary/aromatic N) is 1. The second-order valence-electron chi connectivity index (χ2n) is 5.12. The molecule has 3 nitrogen and oxygen atoms in total. The lowest BCUT2D eigenvalue weighted by Gasteiger charge is -2.24. The maximum absolute atomic E-state index is 12.0. The van der Waals surface area contributed by atoms with Crippen LogP contribution in [0.5, 0.6) is 0 Å². The molecule has 0 aliphatic carbocycles. The van der Waals surface area contributed by atoms with Gasteiger partial charge in [-0.2, -0.15) is 0 Å². The molecule has 0 amide bonds. The van der Waals surface area contributed by atoms with E-state index in [1.165, 1.54) is 0 Å². The maximum Gasteiger partial charge on any atom is 0.310 e. The van der Waals surface area contributed by atoms with Gasteiger partial charge < -0.3 is 9.64 Å². The van der Waals surface area contributed by atoms with Crippen molar-refractivity contribution in [2.45, 2.75) is 26.9 Å². The van der Waals surface area contributed by atoms with Crippen LogP contribution in [0.25, 0.3) is 0 Å². The highest BCUT2D eigenvalue weighted by Crippen LogP contribution is 2.21. The second-order valence-corrected chi connectivity index (χ2v) is 5.12. The number of ether oxygens (including phenoxy) is 1. The molecule has 0 spiro atoms. The molecule has 116 valence electrons. The van der Waals surface area contributed by atoms with Crippen molar-refractivity contribution in [3.63, 3.8) is 0 Å². The lowest BCUT2D eigenvalue weighted by molar-refractivity contribution is -0.144. The van der Waals surface area contributed by atoms with Crippen molar-refractivity contribution in [2.75, 3.05) is 18.0 Å². The number of para-hydroxylation sites is 1. The highest BCUT2D eigenvalue weighted by atomic mass is 16.5. The Balaban J connectivity index is 1.98. The molecule has 2 aromatic rings. The minimum Gasteiger partial charge on any atom is -0.460 e. The molecule has 0 heterocycles. The molecule has 0 saturated carbocycles. The smallest absolute Gasteiger partial charge is 0.310 e. The first-order valence-corrected chi connectivity index (χ1v) is 7.77. The summed E-state index contributed by atoms with van der Waals surface area (Å²) in [4.78, 5) is 14.2. The molecule has 0 aromatic heterocycles. The number of benzene rings is 2. The third kappa shape index (κ3) is 4.35. The first kappa shape index (κ1) is 16.1. The van der Waals surface area contributed by atoms with Crippen LogP contribution in [-0.4, -0.2) is 19.1 Å². The van der Waals surface area contributed by atoms with Gasteiger partial charge >= 0.3 is 5.97 Å². The Labute approximate surface area is 132 Å². The molecule has 22 heavy (non-hydrogen) atoms. The molecule has 0 N–H and O–H groups in total. The fourth-order valence-electron chi connectivity index (χ4n) is 2.48. The Kier molecular flexibility index (Phi) is 6.01. The summed E-state index contributed by atoms with van der Waals surface area (Å²) in [6.07, 6.45) is 0.314. The van der Waals surface area contributed by atoms with Crippen molar-refractivity contribution in [1.82, 2.24) is 0 Å². The number of anilines is 1. The SMILES string of the molecule is CCN(CC)c1ccccc1COC(=O)Cc1ccccc1. The van der Waals surface area contributed by atoms with Crippen molar-refractivity contribution in [3.8, 4) is 0 Å². The number of carbonyl (C=O) groups excluding carboxylic acids is 1. The minimum absolute atomic E-state index is 0.194. The van der Waals surface area contributed by atoms with E-state index in [1.807, 2.05) is 48.5 Å². The maximum atomic E-state index is 12.0. The summed E-state index contributed by atoms with van der Waals surface area (Å²) in [5.74, 6) is -0.194. The lowest BCUT2D eigenvalue weighted by Crippen LogP contribution is -2.23. The third-order valence-electron chi connectivity index (χ3n) is 3.68. The highest BCUT2D eigenvalue weighted by molar-refractivity contribution is 5.72. The van der Waals surface area contributed by atoms with Gasteiger partial charge in [-0.1, -0.05) is 48.5 Å². The first-order valence-electron chi connectivity index (χ1n) is 7.77. The van der Waals surface area contributed by atoms with Gasteiger partial charge in [0.15, 0.2) is 0 Å². The molecule has 0 radical (unpaired) electrons. The van der Waals surface area contributed by atoms with Crippen molar-refractivity contribution in [1.29, 1.82) is 0 Å². The van der Waals surface area contributed by atoms with Crippen molar-refractivity contribution in [3.05, 3.63) is 65.7 Å². The second kappa shape index (κ2) is 8.23. The molecule has 0 atom stereocenters. The number of carbonyl (C=O) groups is 1. The van der Waals surface area contributed by atoms with Crippen LogP contribution in [0.2, 0.25) is 0 Å². The summed E-state index contributed by atoms with van der Waals surface area (Å²) in [7, 11) is 0. The molecule has 3 heteroatoms. The molecule has 0 aliphatic rings. The summed E-state index contributed by atoms with van der Waals surface area (Å²) in [5, 5.41) is 0. The molecule has 0 fully saturated rings. The standard InChI is InChI=1S/C19H23NO2/c1-3-20(4-2)18-13-9-8-12-17(18)15-22-19(21)14-16-10-6-5-7-11-16/h5-13H,3-4,14-15H2,1-2H3. The summed E-state index contributed by atoms with van der Waals surface area (Å²) < 4.78 is 5.45. The summed E-state index contributed by atoms with van der Waals surface area (Å²) in [6, 6.07) is 17.8. The predicted molar refractivity (Wildman–Crippen MR) is 89.9 cm³/mol. The lowest BCUT2D eigenvalue weighted by atomic mass is 10.1. The Morgan fingerprint density at radius 3 is 2.27 bits per heavy atom. The van der Waals surface area contributed by atoms with Crippen LogP contribution in [0.4, 0.5) is 5.69 Å². The van der Waals surface area contributed by atoms with Crippen molar-refractivity contribution < 1.29 is 9.53 Å². The molecular formula is C19H23NO2. The molecule has 0 unspecified atom stereocenters. The van der Waals surface area contributed by atoms with Gasteiger partial charge in [0, 0.05) is 24.3 Å². The number of hydrogen-bond acceptors (Lipinski definition) is 3. The first-order chi connectivity index (χ1) is 10.7. The van der Waals surface area contributed by atoms with E-state index in [0.717, 1.165) is 29.9 Å². The van der Waals surface area contributed by atoms with Gasteiger partial charge in [-0.3, -0.25) is 4.79 Å². The quantitative estimate of drug-likeness (QED) is 0.728. The van der Waals surface area contributed by atoms with Crippen molar-refractivity contribution >= 4 is 11.7 Å². The Bertz CT molecular complexity index is 591. The van der Waals surface area contributed by atoms with E-state index in [9.17, 15) is 4.79 Å². The normalized spacial score (nSPS) is 10.3. The highest BCUT2D eigenvalue weighted by Gasteiger charge is 2.10.